The highest BCUT2D eigenvalue weighted by Crippen LogP contribution is 2.23. The van der Waals surface area contributed by atoms with Crippen LogP contribution in [0.5, 0.6) is 0 Å². The van der Waals surface area contributed by atoms with E-state index in [0.717, 1.165) is 44.9 Å². The Hall–Kier alpha value is -0.850. The first-order valence-corrected chi connectivity index (χ1v) is 28.3. The van der Waals surface area contributed by atoms with Gasteiger partial charge in [-0.2, -0.15) is 0 Å². The third-order valence-corrected chi connectivity index (χ3v) is 14.1. The number of ether oxygens (including phenoxy) is 2. The number of unbranched alkanes of at least 4 members (excludes halogenated alkanes) is 38. The van der Waals surface area contributed by atoms with Gasteiger partial charge in [0.25, 0.3) is 0 Å². The zero-order chi connectivity index (χ0) is 47.4. The van der Waals surface area contributed by atoms with Crippen LogP contribution in [0.15, 0.2) is 0 Å². The predicted molar refractivity (Wildman–Crippen MR) is 269 cm³/mol. The Kier molecular flexibility index (Phi) is 43.6. The smallest absolute Gasteiger partial charge is 0.220 e. The Labute approximate surface area is 400 Å². The minimum absolute atomic E-state index is 0.252. The number of carbonyl (C=O) groups is 1. The lowest BCUT2D eigenvalue weighted by Crippen LogP contribution is -2.60. The van der Waals surface area contributed by atoms with E-state index in [2.05, 4.69) is 19.2 Å². The largest absolute Gasteiger partial charge is 0.394 e. The third kappa shape index (κ3) is 35.0. The van der Waals surface area contributed by atoms with Crippen LogP contribution in [0, 0.1) is 0 Å². The molecule has 0 spiro atoms. The second-order valence-electron chi connectivity index (χ2n) is 20.2. The molecule has 65 heavy (non-hydrogen) atoms. The van der Waals surface area contributed by atoms with Gasteiger partial charge in [0.2, 0.25) is 5.91 Å². The quantitative estimate of drug-likeness (QED) is 0.0294. The number of hydrogen-bond acceptors (Lipinski definition) is 9. The summed E-state index contributed by atoms with van der Waals surface area (Å²) in [5, 5.41) is 65.3. The Morgan fingerprint density at radius 3 is 1.14 bits per heavy atom. The summed E-state index contributed by atoms with van der Waals surface area (Å²) in [7, 11) is 0. The van der Waals surface area contributed by atoms with Gasteiger partial charge in [0.05, 0.1) is 25.4 Å². The topological polar surface area (TPSA) is 169 Å². The van der Waals surface area contributed by atoms with Gasteiger partial charge < -0.3 is 45.4 Å². The average Bonchev–Trinajstić information content (AvgIpc) is 3.31. The highest BCUT2D eigenvalue weighted by atomic mass is 16.7. The lowest BCUT2D eigenvalue weighted by atomic mass is 9.98. The number of hydrogen-bond donors (Lipinski definition) is 7. The van der Waals surface area contributed by atoms with Crippen molar-refractivity contribution in [3.05, 3.63) is 0 Å². The number of amides is 1. The van der Waals surface area contributed by atoms with Crippen molar-refractivity contribution >= 4 is 5.91 Å². The SMILES string of the molecule is CCCCCCCCCCCCCCCCCCCCCCCCCCCCCCCCC(=O)N[C@@H](CO[C@@H]1O[C@H](CO)[C@@H](O)C(O)C1O)[C@H](O)[C@H](O)CCCCCCCCCCCC. The van der Waals surface area contributed by atoms with E-state index in [-0.39, 0.29) is 18.9 Å². The van der Waals surface area contributed by atoms with E-state index >= 15 is 0 Å². The first-order valence-electron chi connectivity index (χ1n) is 28.3. The molecule has 388 valence electrons. The zero-order valence-corrected chi connectivity index (χ0v) is 42.6. The Morgan fingerprint density at radius 1 is 0.477 bits per heavy atom. The molecule has 0 saturated carbocycles. The fraction of sp³-hybridized carbons (Fsp3) is 0.982. The molecular formula is C55H109NO9. The molecule has 1 rings (SSSR count). The molecule has 1 heterocycles. The Balaban J connectivity index is 2.13. The van der Waals surface area contributed by atoms with Crippen LogP contribution in [0.25, 0.3) is 0 Å². The van der Waals surface area contributed by atoms with Crippen LogP contribution in [-0.4, -0.2) is 98.7 Å². The van der Waals surface area contributed by atoms with Gasteiger partial charge in [0, 0.05) is 6.42 Å². The maximum Gasteiger partial charge on any atom is 0.220 e. The van der Waals surface area contributed by atoms with Crippen LogP contribution in [0.4, 0.5) is 0 Å². The normalized spacial score (nSPS) is 20.3. The zero-order valence-electron chi connectivity index (χ0n) is 42.6. The molecule has 2 unspecified atom stereocenters. The second kappa shape index (κ2) is 45.6. The van der Waals surface area contributed by atoms with Gasteiger partial charge in [-0.05, 0) is 12.8 Å². The van der Waals surface area contributed by atoms with Crippen molar-refractivity contribution in [2.24, 2.45) is 0 Å². The van der Waals surface area contributed by atoms with Crippen LogP contribution in [0.3, 0.4) is 0 Å². The van der Waals surface area contributed by atoms with Crippen molar-refractivity contribution in [3.63, 3.8) is 0 Å². The first-order chi connectivity index (χ1) is 31.8. The summed E-state index contributed by atoms with van der Waals surface area (Å²) in [6.07, 6.45) is 43.0. The van der Waals surface area contributed by atoms with Gasteiger partial charge in [-0.25, -0.2) is 0 Å². The van der Waals surface area contributed by atoms with Crippen LogP contribution in [-0.2, 0) is 14.3 Å². The minimum Gasteiger partial charge on any atom is -0.394 e. The van der Waals surface area contributed by atoms with Crippen molar-refractivity contribution < 1.29 is 44.9 Å². The predicted octanol–water partition coefficient (Wildman–Crippen LogP) is 12.4. The fourth-order valence-corrected chi connectivity index (χ4v) is 9.50. The van der Waals surface area contributed by atoms with Crippen LogP contribution in [0.1, 0.15) is 284 Å². The van der Waals surface area contributed by atoms with Gasteiger partial charge in [-0.1, -0.05) is 264 Å². The maximum atomic E-state index is 13.0. The standard InChI is InChI=1S/C55H109NO9/c1-3-5-7-9-11-13-15-16-17-18-19-20-21-22-23-24-25-26-27-28-29-30-31-32-33-34-36-38-40-42-44-50(59)56-47(46-64-55-54(63)53(62)52(61)49(45-57)65-55)51(60)48(58)43-41-39-37-35-14-12-10-8-6-4-2/h47-49,51-55,57-58,60-63H,3-46H2,1-2H3,(H,56,59)/t47-,48+,49+,51-,52+,53?,54?,55+/m0/s1. The number of aliphatic hydroxyl groups excluding tert-OH is 6. The minimum atomic E-state index is -1.60. The number of aliphatic hydroxyl groups is 6. The number of carbonyl (C=O) groups excluding carboxylic acids is 1. The van der Waals surface area contributed by atoms with Gasteiger partial charge in [0.1, 0.15) is 30.5 Å². The molecule has 0 aromatic carbocycles. The van der Waals surface area contributed by atoms with Crippen molar-refractivity contribution in [3.8, 4) is 0 Å². The molecule has 0 bridgehead atoms. The first kappa shape index (κ1) is 62.2. The molecule has 0 aromatic heterocycles. The van der Waals surface area contributed by atoms with E-state index < -0.39 is 55.6 Å². The summed E-state index contributed by atoms with van der Waals surface area (Å²) in [4.78, 5) is 13.0. The van der Waals surface area contributed by atoms with E-state index in [1.54, 1.807) is 0 Å². The molecule has 1 saturated heterocycles. The summed E-state index contributed by atoms with van der Waals surface area (Å²) in [5.41, 5.74) is 0. The monoisotopic (exact) mass is 928 g/mol. The molecular weight excluding hydrogens is 819 g/mol. The Bertz CT molecular complexity index is 1000. The summed E-state index contributed by atoms with van der Waals surface area (Å²) < 4.78 is 11.2. The molecule has 7 N–H and O–H groups in total. The van der Waals surface area contributed by atoms with E-state index in [1.807, 2.05) is 0 Å². The molecule has 1 aliphatic heterocycles. The van der Waals surface area contributed by atoms with Gasteiger partial charge in [0.15, 0.2) is 6.29 Å². The highest BCUT2D eigenvalue weighted by molar-refractivity contribution is 5.76. The Morgan fingerprint density at radius 2 is 0.800 bits per heavy atom. The number of rotatable bonds is 49. The van der Waals surface area contributed by atoms with Crippen molar-refractivity contribution in [1.29, 1.82) is 0 Å². The second-order valence-corrected chi connectivity index (χ2v) is 20.2. The van der Waals surface area contributed by atoms with Gasteiger partial charge >= 0.3 is 0 Å². The van der Waals surface area contributed by atoms with Crippen LogP contribution >= 0.6 is 0 Å². The molecule has 8 atom stereocenters. The highest BCUT2D eigenvalue weighted by Gasteiger charge is 2.44. The molecule has 10 nitrogen and oxygen atoms in total. The maximum absolute atomic E-state index is 13.0. The summed E-state index contributed by atoms with van der Waals surface area (Å²) in [6.45, 7) is 3.62. The van der Waals surface area contributed by atoms with Crippen LogP contribution < -0.4 is 5.32 Å². The summed E-state index contributed by atoms with van der Waals surface area (Å²) in [6, 6.07) is -0.985. The molecule has 0 aliphatic carbocycles. The van der Waals surface area contributed by atoms with Crippen LogP contribution in [0.2, 0.25) is 0 Å². The fourth-order valence-electron chi connectivity index (χ4n) is 9.50. The van der Waals surface area contributed by atoms with E-state index in [9.17, 15) is 35.4 Å². The van der Waals surface area contributed by atoms with Crippen molar-refractivity contribution in [1.82, 2.24) is 5.32 Å². The molecule has 1 fully saturated rings. The van der Waals surface area contributed by atoms with Crippen molar-refractivity contribution in [2.75, 3.05) is 13.2 Å². The van der Waals surface area contributed by atoms with Crippen molar-refractivity contribution in [2.45, 2.75) is 332 Å². The molecule has 10 heteroatoms. The molecule has 0 radical (unpaired) electrons. The van der Waals surface area contributed by atoms with E-state index in [4.69, 9.17) is 9.47 Å². The molecule has 0 aromatic rings. The van der Waals surface area contributed by atoms with E-state index in [0.29, 0.717) is 6.42 Å². The lowest BCUT2D eigenvalue weighted by Gasteiger charge is -2.40. The number of nitrogens with one attached hydrogen (secondary N) is 1. The van der Waals surface area contributed by atoms with E-state index in [1.165, 1.54) is 212 Å². The van der Waals surface area contributed by atoms with Gasteiger partial charge in [-0.3, -0.25) is 4.79 Å². The molecule has 1 aliphatic rings. The lowest BCUT2D eigenvalue weighted by molar-refractivity contribution is -0.303. The third-order valence-electron chi connectivity index (χ3n) is 14.1. The summed E-state index contributed by atoms with van der Waals surface area (Å²) in [5.74, 6) is -0.252. The molecule has 1 amide bonds. The average molecular weight is 928 g/mol. The van der Waals surface area contributed by atoms with Gasteiger partial charge in [-0.15, -0.1) is 0 Å². The summed E-state index contributed by atoms with van der Waals surface area (Å²) >= 11 is 0.